The number of rotatable bonds is 4. The molecule has 0 fully saturated rings. The molecule has 0 aliphatic carbocycles. The van der Waals surface area contributed by atoms with Gasteiger partial charge < -0.3 is 15.5 Å². The van der Waals surface area contributed by atoms with Gasteiger partial charge in [-0.25, -0.2) is 0 Å². The van der Waals surface area contributed by atoms with Crippen LogP contribution in [0.4, 0.5) is 11.4 Å². The lowest BCUT2D eigenvalue weighted by Crippen LogP contribution is -2.27. The van der Waals surface area contributed by atoms with Gasteiger partial charge in [0.05, 0.1) is 22.3 Å². The van der Waals surface area contributed by atoms with Gasteiger partial charge in [0.15, 0.2) is 5.96 Å². The Morgan fingerprint density at radius 2 is 2.05 bits per heavy atom. The molecule has 1 aromatic rings. The molecule has 0 amide bonds. The molecular weight excluding hydrogens is 295 g/mol. The van der Waals surface area contributed by atoms with Crippen LogP contribution < -0.4 is 15.5 Å². The molecule has 110 valence electrons. The fourth-order valence-corrected chi connectivity index (χ4v) is 2.85. The summed E-state index contributed by atoms with van der Waals surface area (Å²) in [6.07, 6.45) is 0. The lowest BCUT2D eigenvalue weighted by atomic mass is 10.1. The van der Waals surface area contributed by atoms with Crippen molar-refractivity contribution < 1.29 is 0 Å². The third-order valence-corrected chi connectivity index (χ3v) is 4.23. The van der Waals surface area contributed by atoms with Crippen molar-refractivity contribution >= 4 is 40.5 Å². The van der Waals surface area contributed by atoms with E-state index in [4.69, 9.17) is 23.2 Å². The van der Waals surface area contributed by atoms with Gasteiger partial charge in [0.25, 0.3) is 0 Å². The van der Waals surface area contributed by atoms with E-state index in [1.165, 1.54) is 0 Å². The number of nitrogens with zero attached hydrogens (tertiary/aromatic N) is 2. The van der Waals surface area contributed by atoms with Crippen LogP contribution in [0.3, 0.4) is 0 Å². The lowest BCUT2D eigenvalue weighted by molar-refractivity contribution is 0.862. The fraction of sp³-hybridized carbons (Fsp3) is 0.500. The normalized spacial score (nSPS) is 13.9. The van der Waals surface area contributed by atoms with E-state index in [9.17, 15) is 0 Å². The van der Waals surface area contributed by atoms with Gasteiger partial charge in [-0.05, 0) is 32.4 Å². The second-order valence-corrected chi connectivity index (χ2v) is 5.43. The molecule has 2 rings (SSSR count). The molecule has 2 N–H and O–H groups in total. The predicted molar refractivity (Wildman–Crippen MR) is 88.7 cm³/mol. The van der Waals surface area contributed by atoms with Crippen LogP contribution in [0.25, 0.3) is 0 Å². The van der Waals surface area contributed by atoms with Gasteiger partial charge in [0, 0.05) is 25.3 Å². The Balaban J connectivity index is 2.37. The zero-order chi connectivity index (χ0) is 14.7. The first kappa shape index (κ1) is 15.3. The van der Waals surface area contributed by atoms with E-state index in [-0.39, 0.29) is 0 Å². The largest absolute Gasteiger partial charge is 0.372 e. The number of aliphatic imine (C=N–C) groups is 1. The summed E-state index contributed by atoms with van der Waals surface area (Å²) in [7, 11) is 0. The first-order chi connectivity index (χ1) is 9.58. The molecule has 0 aromatic heterocycles. The van der Waals surface area contributed by atoms with E-state index in [0.29, 0.717) is 10.0 Å². The van der Waals surface area contributed by atoms with Crippen molar-refractivity contribution in [1.29, 1.82) is 0 Å². The van der Waals surface area contributed by atoms with Gasteiger partial charge >= 0.3 is 0 Å². The first-order valence-electron chi connectivity index (χ1n) is 6.87. The van der Waals surface area contributed by atoms with Crippen molar-refractivity contribution in [2.75, 3.05) is 36.4 Å². The summed E-state index contributed by atoms with van der Waals surface area (Å²) in [6, 6.07) is 1.97. The van der Waals surface area contributed by atoms with Crippen LogP contribution >= 0.6 is 23.2 Å². The van der Waals surface area contributed by atoms with Crippen LogP contribution in [0.2, 0.25) is 10.0 Å². The summed E-state index contributed by atoms with van der Waals surface area (Å²) in [5, 5.41) is 7.59. The van der Waals surface area contributed by atoms with Crippen molar-refractivity contribution in [2.24, 2.45) is 4.99 Å². The Bertz CT molecular complexity index is 524. The molecule has 1 aromatic carbocycles. The highest BCUT2D eigenvalue weighted by Crippen LogP contribution is 2.39. The monoisotopic (exact) mass is 314 g/mol. The summed E-state index contributed by atoms with van der Waals surface area (Å²) in [5.41, 5.74) is 2.83. The van der Waals surface area contributed by atoms with E-state index >= 15 is 0 Å². The molecule has 1 aliphatic heterocycles. The molecule has 0 unspecified atom stereocenters. The standard InChI is InChI=1S/C14H20Cl2N4/c1-4-20(5-2)11-8-10(15)13(12(16)9(11)3)19-14-17-6-7-18-14/h8H,4-7H2,1-3H3,(H2,17,18,19). The van der Waals surface area contributed by atoms with Crippen molar-refractivity contribution in [3.8, 4) is 0 Å². The smallest absolute Gasteiger partial charge is 0.196 e. The summed E-state index contributed by atoms with van der Waals surface area (Å²) in [5.74, 6) is 0.726. The second-order valence-electron chi connectivity index (χ2n) is 4.65. The molecule has 0 bridgehead atoms. The molecule has 0 spiro atoms. The molecule has 1 aliphatic rings. The Morgan fingerprint density at radius 1 is 1.35 bits per heavy atom. The van der Waals surface area contributed by atoms with Crippen LogP contribution in [-0.4, -0.2) is 32.1 Å². The average molecular weight is 315 g/mol. The molecule has 0 atom stereocenters. The Morgan fingerprint density at radius 3 is 2.60 bits per heavy atom. The number of hydrogen-bond acceptors (Lipinski definition) is 4. The minimum Gasteiger partial charge on any atom is -0.372 e. The quantitative estimate of drug-likeness (QED) is 0.893. The first-order valence-corrected chi connectivity index (χ1v) is 7.62. The summed E-state index contributed by atoms with van der Waals surface area (Å²) >= 11 is 12.9. The van der Waals surface area contributed by atoms with Crippen LogP contribution in [0.15, 0.2) is 11.1 Å². The van der Waals surface area contributed by atoms with Crippen molar-refractivity contribution in [2.45, 2.75) is 20.8 Å². The maximum absolute atomic E-state index is 6.48. The summed E-state index contributed by atoms with van der Waals surface area (Å²) in [6.45, 7) is 9.71. The molecule has 0 radical (unpaired) electrons. The predicted octanol–water partition coefficient (Wildman–Crippen LogP) is 3.52. The number of nitrogens with one attached hydrogen (secondary N) is 2. The van der Waals surface area contributed by atoms with E-state index in [1.54, 1.807) is 0 Å². The molecule has 6 heteroatoms. The Kier molecular flexibility index (Phi) is 5.00. The number of halogens is 2. The van der Waals surface area contributed by atoms with Gasteiger partial charge in [0.1, 0.15) is 0 Å². The maximum atomic E-state index is 6.48. The van der Waals surface area contributed by atoms with E-state index in [1.807, 2.05) is 13.0 Å². The average Bonchev–Trinajstić information content (AvgIpc) is 2.94. The minimum absolute atomic E-state index is 0.610. The van der Waals surface area contributed by atoms with Crippen LogP contribution in [0, 0.1) is 6.92 Å². The minimum atomic E-state index is 0.610. The highest BCUT2D eigenvalue weighted by Gasteiger charge is 2.17. The zero-order valence-electron chi connectivity index (χ0n) is 12.1. The van der Waals surface area contributed by atoms with Gasteiger partial charge in [0.2, 0.25) is 0 Å². The second kappa shape index (κ2) is 6.55. The SMILES string of the molecule is CCN(CC)c1cc(Cl)c(NC2=NCCN2)c(Cl)c1C. The van der Waals surface area contributed by atoms with Crippen LogP contribution in [0.5, 0.6) is 0 Å². The van der Waals surface area contributed by atoms with E-state index in [0.717, 1.165) is 49.1 Å². The van der Waals surface area contributed by atoms with E-state index < -0.39 is 0 Å². The highest BCUT2D eigenvalue weighted by atomic mass is 35.5. The highest BCUT2D eigenvalue weighted by molar-refractivity contribution is 6.40. The third-order valence-electron chi connectivity index (χ3n) is 3.46. The zero-order valence-corrected chi connectivity index (χ0v) is 13.6. The molecular formula is C14H20Cl2N4. The number of benzene rings is 1. The molecule has 0 saturated heterocycles. The van der Waals surface area contributed by atoms with Crippen molar-refractivity contribution in [3.05, 3.63) is 21.7 Å². The van der Waals surface area contributed by atoms with Gasteiger partial charge in [-0.3, -0.25) is 4.99 Å². The Labute approximate surface area is 130 Å². The third kappa shape index (κ3) is 2.96. The topological polar surface area (TPSA) is 39.7 Å². The number of hydrogen-bond donors (Lipinski definition) is 2. The van der Waals surface area contributed by atoms with Crippen molar-refractivity contribution in [3.63, 3.8) is 0 Å². The maximum Gasteiger partial charge on any atom is 0.196 e. The van der Waals surface area contributed by atoms with Crippen LogP contribution in [0.1, 0.15) is 19.4 Å². The van der Waals surface area contributed by atoms with Gasteiger partial charge in [-0.15, -0.1) is 0 Å². The van der Waals surface area contributed by atoms with Crippen LogP contribution in [-0.2, 0) is 0 Å². The number of anilines is 2. The molecule has 20 heavy (non-hydrogen) atoms. The fourth-order valence-electron chi connectivity index (χ4n) is 2.31. The number of guanidine groups is 1. The molecule has 0 saturated carbocycles. The molecule has 4 nitrogen and oxygen atoms in total. The Hall–Kier alpha value is -1.13. The summed E-state index contributed by atoms with van der Waals surface area (Å²) < 4.78 is 0. The van der Waals surface area contributed by atoms with Gasteiger partial charge in [-0.1, -0.05) is 23.2 Å². The van der Waals surface area contributed by atoms with Crippen molar-refractivity contribution in [1.82, 2.24) is 5.32 Å². The lowest BCUT2D eigenvalue weighted by Gasteiger charge is -2.25. The van der Waals surface area contributed by atoms with E-state index in [2.05, 4.69) is 34.4 Å². The summed E-state index contributed by atoms with van der Waals surface area (Å²) in [4.78, 5) is 6.54. The van der Waals surface area contributed by atoms with Gasteiger partial charge in [-0.2, -0.15) is 0 Å². The molecule has 1 heterocycles.